The van der Waals surface area contributed by atoms with Gasteiger partial charge < -0.3 is 19.4 Å². The van der Waals surface area contributed by atoms with Gasteiger partial charge in [-0.1, -0.05) is 32.5 Å². The van der Waals surface area contributed by atoms with Crippen molar-refractivity contribution in [2.24, 2.45) is 4.99 Å². The van der Waals surface area contributed by atoms with Gasteiger partial charge in [0.2, 0.25) is 0 Å². The number of amides is 1. The van der Waals surface area contributed by atoms with Gasteiger partial charge in [-0.3, -0.25) is 9.89 Å². The summed E-state index contributed by atoms with van der Waals surface area (Å²) in [6.07, 6.45) is -4.34. The van der Waals surface area contributed by atoms with E-state index in [0.29, 0.717) is 0 Å². The summed E-state index contributed by atoms with van der Waals surface area (Å²) in [5.41, 5.74) is -0.662. The van der Waals surface area contributed by atoms with Crippen molar-refractivity contribution in [2.45, 2.75) is 75.7 Å². The number of hydrogen-bond acceptors (Lipinski definition) is 6. The van der Waals surface area contributed by atoms with Crippen molar-refractivity contribution < 1.29 is 28.6 Å². The predicted molar refractivity (Wildman–Crippen MR) is 102 cm³/mol. The van der Waals surface area contributed by atoms with Gasteiger partial charge in [0.1, 0.15) is 23.7 Å². The van der Waals surface area contributed by atoms with E-state index in [2.05, 4.69) is 25.8 Å². The number of nitrogens with zero attached hydrogens (tertiary/aromatic N) is 2. The fourth-order valence-corrected chi connectivity index (χ4v) is 5.25. The number of amidine groups is 1. The van der Waals surface area contributed by atoms with Crippen LogP contribution in [0.3, 0.4) is 0 Å². The minimum absolute atomic E-state index is 0.120. The first-order chi connectivity index (χ1) is 11.9. The molecule has 0 unspecified atom stereocenters. The van der Waals surface area contributed by atoms with Gasteiger partial charge in [-0.2, -0.15) is 0 Å². The summed E-state index contributed by atoms with van der Waals surface area (Å²) in [5.74, 6) is 0. The number of ether oxygens (including phenoxy) is 1. The number of halogens is 1. The molecule has 5 atom stereocenters. The Labute approximate surface area is 159 Å². The van der Waals surface area contributed by atoms with Crippen molar-refractivity contribution in [2.75, 3.05) is 13.2 Å². The zero-order valence-electron chi connectivity index (χ0n) is 16.1. The van der Waals surface area contributed by atoms with Crippen LogP contribution in [0.2, 0.25) is 18.1 Å². The van der Waals surface area contributed by atoms with Gasteiger partial charge >= 0.3 is 6.09 Å². The fraction of sp³-hybridized carbons (Fsp3) is 0.875. The summed E-state index contributed by atoms with van der Waals surface area (Å²) in [6, 6.07) is -0.846. The maximum Gasteiger partial charge on any atom is 0.413 e. The van der Waals surface area contributed by atoms with Crippen LogP contribution in [0.1, 0.15) is 27.7 Å². The molecule has 0 bridgehead atoms. The van der Waals surface area contributed by atoms with Crippen molar-refractivity contribution in [3.8, 4) is 0 Å². The molecule has 0 spiro atoms. The lowest BCUT2D eigenvalue weighted by Gasteiger charge is -2.45. The largest absolute Gasteiger partial charge is 0.465 e. The zero-order valence-corrected chi connectivity index (χ0v) is 17.9. The lowest BCUT2D eigenvalue weighted by Crippen LogP contribution is -2.59. The number of thioether (sulfide) groups is 1. The molecule has 2 heterocycles. The highest BCUT2D eigenvalue weighted by Crippen LogP contribution is 2.43. The molecule has 0 saturated carbocycles. The van der Waals surface area contributed by atoms with E-state index in [1.165, 1.54) is 0 Å². The number of hydrogen-bond donors (Lipinski definition) is 2. The van der Waals surface area contributed by atoms with Crippen LogP contribution in [0.15, 0.2) is 4.99 Å². The van der Waals surface area contributed by atoms with Crippen LogP contribution in [0.5, 0.6) is 0 Å². The maximum absolute atomic E-state index is 15.3. The first kappa shape index (κ1) is 21.6. The normalized spacial score (nSPS) is 32.2. The van der Waals surface area contributed by atoms with Gasteiger partial charge in [0.25, 0.3) is 0 Å². The van der Waals surface area contributed by atoms with Crippen LogP contribution in [-0.2, 0) is 9.16 Å². The SMILES string of the molecule is CCN(C(=O)O)C1=N[C@@H]2[C@H](F)[C@H](O[Si](C)(C)C(C)(C)C)[C@@H](CO)O[C@@H]2S1. The average Bonchev–Trinajstić information content (AvgIpc) is 2.92. The van der Waals surface area contributed by atoms with Gasteiger partial charge in [0.15, 0.2) is 19.7 Å². The quantitative estimate of drug-likeness (QED) is 0.695. The second kappa shape index (κ2) is 7.74. The third-order valence-electron chi connectivity index (χ3n) is 5.27. The minimum atomic E-state index is -2.29. The monoisotopic (exact) mass is 408 g/mol. The van der Waals surface area contributed by atoms with Crippen LogP contribution in [0, 0.1) is 0 Å². The van der Waals surface area contributed by atoms with Crippen molar-refractivity contribution in [3.63, 3.8) is 0 Å². The van der Waals surface area contributed by atoms with Crippen molar-refractivity contribution in [3.05, 3.63) is 0 Å². The van der Waals surface area contributed by atoms with Gasteiger partial charge in [-0.05, 0) is 25.1 Å². The molecule has 0 aliphatic carbocycles. The van der Waals surface area contributed by atoms with E-state index in [-0.39, 0.29) is 23.4 Å². The van der Waals surface area contributed by atoms with Gasteiger partial charge in [-0.25, -0.2) is 9.18 Å². The number of aliphatic hydroxyl groups excluding tert-OH is 1. The summed E-state index contributed by atoms with van der Waals surface area (Å²) in [6.45, 7) is 11.7. The molecule has 2 N–H and O–H groups in total. The van der Waals surface area contributed by atoms with Crippen molar-refractivity contribution in [1.29, 1.82) is 0 Å². The number of carboxylic acid groups (broad SMARTS) is 1. The first-order valence-corrected chi connectivity index (χ1v) is 12.5. The molecular formula is C16H29FN2O5SSi. The molecule has 0 aromatic heterocycles. The predicted octanol–water partition coefficient (Wildman–Crippen LogP) is 2.90. The Balaban J connectivity index is 2.25. The molecule has 1 saturated heterocycles. The number of rotatable bonds is 4. The summed E-state index contributed by atoms with van der Waals surface area (Å²) in [7, 11) is -2.29. The van der Waals surface area contributed by atoms with Gasteiger partial charge in [0.05, 0.1) is 6.61 Å². The second-order valence-electron chi connectivity index (χ2n) is 8.06. The van der Waals surface area contributed by atoms with Crippen molar-refractivity contribution in [1.82, 2.24) is 4.90 Å². The molecule has 7 nitrogen and oxygen atoms in total. The number of aliphatic hydroxyl groups is 1. The lowest BCUT2D eigenvalue weighted by atomic mass is 10.00. The van der Waals surface area contributed by atoms with E-state index in [1.807, 2.05) is 13.1 Å². The average molecular weight is 409 g/mol. The summed E-state index contributed by atoms with van der Waals surface area (Å²) in [5, 5.41) is 19.1. The topological polar surface area (TPSA) is 91.6 Å². The lowest BCUT2D eigenvalue weighted by molar-refractivity contribution is -0.139. The highest BCUT2D eigenvalue weighted by molar-refractivity contribution is 8.14. The standard InChI is InChI=1S/C16H29FN2O5SSi/c1-7-19(15(21)22)14-18-11-10(17)12(9(8-20)23-13(11)25-14)24-26(5,6)16(2,3)4/h9-13,20H,7-8H2,1-6H3,(H,21,22)/t9-,10+,11-,12-,13-/m1/s1. The smallest absolute Gasteiger partial charge is 0.413 e. The molecule has 0 aromatic rings. The molecule has 26 heavy (non-hydrogen) atoms. The molecule has 1 amide bonds. The molecule has 10 heteroatoms. The Bertz CT molecular complexity index is 571. The van der Waals surface area contributed by atoms with Crippen LogP contribution < -0.4 is 0 Å². The molecule has 2 aliphatic heterocycles. The van der Waals surface area contributed by atoms with E-state index in [1.54, 1.807) is 6.92 Å². The third-order valence-corrected chi connectivity index (χ3v) is 10.9. The molecule has 150 valence electrons. The van der Waals surface area contributed by atoms with E-state index >= 15 is 4.39 Å². The Morgan fingerprint density at radius 2 is 2.08 bits per heavy atom. The Morgan fingerprint density at radius 1 is 1.46 bits per heavy atom. The van der Waals surface area contributed by atoms with Crippen LogP contribution in [-0.4, -0.2) is 77.7 Å². The number of carbonyl (C=O) groups is 1. The number of aliphatic imine (C=N–C) groups is 1. The molecule has 1 fully saturated rings. The Kier molecular flexibility index (Phi) is 6.44. The highest BCUT2D eigenvalue weighted by Gasteiger charge is 2.53. The highest BCUT2D eigenvalue weighted by atomic mass is 32.2. The molecule has 0 radical (unpaired) electrons. The fourth-order valence-electron chi connectivity index (χ4n) is 2.66. The van der Waals surface area contributed by atoms with Gasteiger partial charge in [-0.15, -0.1) is 0 Å². The van der Waals surface area contributed by atoms with Gasteiger partial charge in [0, 0.05) is 6.54 Å². The number of fused-ring (bicyclic) bond motifs is 1. The third kappa shape index (κ3) is 4.09. The number of alkyl halides is 1. The van der Waals surface area contributed by atoms with Crippen molar-refractivity contribution >= 4 is 31.3 Å². The van der Waals surface area contributed by atoms with E-state index < -0.39 is 44.3 Å². The van der Waals surface area contributed by atoms with E-state index in [0.717, 1.165) is 16.7 Å². The van der Waals surface area contributed by atoms with Crippen LogP contribution in [0.4, 0.5) is 9.18 Å². The Morgan fingerprint density at radius 3 is 2.54 bits per heavy atom. The summed E-state index contributed by atoms with van der Waals surface area (Å²) in [4.78, 5) is 16.7. The second-order valence-corrected chi connectivity index (χ2v) is 13.9. The van der Waals surface area contributed by atoms with Crippen LogP contribution >= 0.6 is 11.8 Å². The van der Waals surface area contributed by atoms with E-state index in [4.69, 9.17) is 9.16 Å². The molecule has 2 aliphatic rings. The maximum atomic E-state index is 15.3. The Hall–Kier alpha value is -0.683. The molecule has 0 aromatic carbocycles. The zero-order chi connectivity index (χ0) is 19.9. The molecule has 2 rings (SSSR count). The minimum Gasteiger partial charge on any atom is -0.465 e. The molecular weight excluding hydrogens is 379 g/mol. The van der Waals surface area contributed by atoms with Crippen LogP contribution in [0.25, 0.3) is 0 Å². The van der Waals surface area contributed by atoms with E-state index in [9.17, 15) is 15.0 Å². The first-order valence-electron chi connectivity index (χ1n) is 8.76. The summed E-state index contributed by atoms with van der Waals surface area (Å²) < 4.78 is 27.4. The summed E-state index contributed by atoms with van der Waals surface area (Å²) >= 11 is 1.08.